The molecule has 1 saturated carbocycles. The van der Waals surface area contributed by atoms with Crippen LogP contribution in [0.4, 0.5) is 0 Å². The van der Waals surface area contributed by atoms with Crippen LogP contribution in [0, 0.1) is 5.92 Å². The van der Waals surface area contributed by atoms with Crippen LogP contribution in [0.25, 0.3) is 0 Å². The topological polar surface area (TPSA) is 87.0 Å². The molecule has 0 bridgehead atoms. The zero-order valence-electron chi connectivity index (χ0n) is 7.77. The first-order valence-electron chi connectivity index (χ1n) is 4.66. The van der Waals surface area contributed by atoms with E-state index in [-0.39, 0.29) is 5.92 Å². The summed E-state index contributed by atoms with van der Waals surface area (Å²) in [5.41, 5.74) is -0.739. The van der Waals surface area contributed by atoms with Gasteiger partial charge in [-0.05, 0) is 12.8 Å². The van der Waals surface area contributed by atoms with Gasteiger partial charge in [0.1, 0.15) is 0 Å². The first-order chi connectivity index (χ1) is 6.66. The highest BCUT2D eigenvalue weighted by molar-refractivity contribution is 6.64. The number of carbonyl (C=O) groups excluding carboxylic acids is 1. The van der Waals surface area contributed by atoms with Crippen LogP contribution in [0.15, 0.2) is 5.16 Å². The van der Waals surface area contributed by atoms with Gasteiger partial charge in [0.15, 0.2) is 5.78 Å². The maximum atomic E-state index is 11.5. The Bertz CT molecular complexity index is 266. The number of hydrogen-bond donors (Lipinski definition) is 2. The summed E-state index contributed by atoms with van der Waals surface area (Å²) >= 11 is 0. The third-order valence-corrected chi connectivity index (χ3v) is 2.51. The third-order valence-electron chi connectivity index (χ3n) is 2.51. The summed E-state index contributed by atoms with van der Waals surface area (Å²) in [7, 11) is 0. The second-order valence-corrected chi connectivity index (χ2v) is 3.45. The maximum Gasteiger partial charge on any atom is 0.361 e. The molecule has 0 aromatic heterocycles. The number of nitrogens with zero attached hydrogens (tertiary/aromatic N) is 1. The number of hydrogen-bond acceptors (Lipinski definition) is 4. The van der Waals surface area contributed by atoms with Gasteiger partial charge in [-0.1, -0.05) is 24.4 Å². The van der Waals surface area contributed by atoms with E-state index in [2.05, 4.69) is 5.16 Å². The van der Waals surface area contributed by atoms with Gasteiger partial charge in [0, 0.05) is 5.92 Å². The zero-order chi connectivity index (χ0) is 10.6. The number of aliphatic carboxylic acids is 1. The van der Waals surface area contributed by atoms with Gasteiger partial charge in [0.2, 0.25) is 5.71 Å². The van der Waals surface area contributed by atoms with E-state index in [1.165, 1.54) is 0 Å². The highest BCUT2D eigenvalue weighted by atomic mass is 16.4. The van der Waals surface area contributed by atoms with Gasteiger partial charge < -0.3 is 10.3 Å². The highest BCUT2D eigenvalue weighted by Gasteiger charge is 2.29. The SMILES string of the molecule is O=C(O)C(=NO)C(=O)C1CCCCC1. The molecule has 1 rings (SSSR count). The van der Waals surface area contributed by atoms with Crippen molar-refractivity contribution in [3.05, 3.63) is 0 Å². The summed E-state index contributed by atoms with van der Waals surface area (Å²) in [6.45, 7) is 0. The van der Waals surface area contributed by atoms with Gasteiger partial charge in [-0.2, -0.15) is 0 Å². The minimum Gasteiger partial charge on any atom is -0.476 e. The van der Waals surface area contributed by atoms with Gasteiger partial charge in [0.25, 0.3) is 0 Å². The molecule has 78 valence electrons. The van der Waals surface area contributed by atoms with Crippen molar-refractivity contribution in [2.24, 2.45) is 11.1 Å². The fourth-order valence-electron chi connectivity index (χ4n) is 1.76. The van der Waals surface area contributed by atoms with Gasteiger partial charge in [-0.15, -0.1) is 0 Å². The summed E-state index contributed by atoms with van der Waals surface area (Å²) in [5, 5.41) is 19.5. The van der Waals surface area contributed by atoms with Gasteiger partial charge in [0.05, 0.1) is 0 Å². The first kappa shape index (κ1) is 10.7. The lowest BCUT2D eigenvalue weighted by atomic mass is 9.85. The van der Waals surface area contributed by atoms with E-state index in [1.807, 2.05) is 0 Å². The predicted molar refractivity (Wildman–Crippen MR) is 48.4 cm³/mol. The Morgan fingerprint density at radius 1 is 1.14 bits per heavy atom. The normalized spacial score (nSPS) is 19.3. The summed E-state index contributed by atoms with van der Waals surface area (Å²) in [6.07, 6.45) is 4.36. The van der Waals surface area contributed by atoms with Gasteiger partial charge >= 0.3 is 5.97 Å². The Morgan fingerprint density at radius 3 is 2.14 bits per heavy atom. The quantitative estimate of drug-likeness (QED) is 0.308. The second-order valence-electron chi connectivity index (χ2n) is 3.45. The Balaban J connectivity index is 2.67. The van der Waals surface area contributed by atoms with E-state index in [9.17, 15) is 9.59 Å². The predicted octanol–water partition coefficient (Wildman–Crippen LogP) is 1.05. The van der Waals surface area contributed by atoms with Gasteiger partial charge in [-0.3, -0.25) is 4.79 Å². The van der Waals surface area contributed by atoms with Crippen LogP contribution in [-0.4, -0.2) is 27.8 Å². The Morgan fingerprint density at radius 2 is 1.71 bits per heavy atom. The fraction of sp³-hybridized carbons (Fsp3) is 0.667. The molecule has 5 heteroatoms. The molecule has 14 heavy (non-hydrogen) atoms. The van der Waals surface area contributed by atoms with Crippen molar-refractivity contribution < 1.29 is 19.9 Å². The molecule has 1 aliphatic carbocycles. The van der Waals surface area contributed by atoms with Crippen molar-refractivity contribution >= 4 is 17.5 Å². The monoisotopic (exact) mass is 199 g/mol. The van der Waals surface area contributed by atoms with Crippen molar-refractivity contribution in [2.75, 3.05) is 0 Å². The molecule has 0 saturated heterocycles. The van der Waals surface area contributed by atoms with Crippen LogP contribution in [0.2, 0.25) is 0 Å². The number of carbonyl (C=O) groups is 2. The van der Waals surface area contributed by atoms with E-state index in [0.717, 1.165) is 19.3 Å². The molecule has 0 aromatic rings. The zero-order valence-corrected chi connectivity index (χ0v) is 7.77. The lowest BCUT2D eigenvalue weighted by molar-refractivity contribution is -0.131. The van der Waals surface area contributed by atoms with E-state index in [1.54, 1.807) is 0 Å². The summed E-state index contributed by atoms with van der Waals surface area (Å²) in [5.74, 6) is -2.27. The standard InChI is InChI=1S/C9H13NO4/c11-8(7(10-14)9(12)13)6-4-2-1-3-5-6/h6,14H,1-5H2,(H,12,13). The van der Waals surface area contributed by atoms with E-state index in [4.69, 9.17) is 10.3 Å². The van der Waals surface area contributed by atoms with Crippen molar-refractivity contribution in [2.45, 2.75) is 32.1 Å². The van der Waals surface area contributed by atoms with Crippen molar-refractivity contribution in [3.8, 4) is 0 Å². The van der Waals surface area contributed by atoms with Crippen LogP contribution in [-0.2, 0) is 9.59 Å². The van der Waals surface area contributed by atoms with Crippen LogP contribution in [0.3, 0.4) is 0 Å². The average molecular weight is 199 g/mol. The van der Waals surface area contributed by atoms with Gasteiger partial charge in [-0.25, -0.2) is 4.79 Å². The summed E-state index contributed by atoms with van der Waals surface area (Å²) in [4.78, 5) is 22.0. The van der Waals surface area contributed by atoms with E-state index in [0.29, 0.717) is 12.8 Å². The maximum absolute atomic E-state index is 11.5. The first-order valence-corrected chi connectivity index (χ1v) is 4.66. The number of rotatable bonds is 3. The number of ketones is 1. The lowest BCUT2D eigenvalue weighted by Gasteiger charge is -2.19. The van der Waals surface area contributed by atoms with E-state index < -0.39 is 17.5 Å². The molecule has 2 N–H and O–H groups in total. The molecule has 0 aliphatic heterocycles. The molecule has 0 radical (unpaired) electrons. The summed E-state index contributed by atoms with van der Waals surface area (Å²) in [6, 6.07) is 0. The molecule has 0 spiro atoms. The fourth-order valence-corrected chi connectivity index (χ4v) is 1.76. The van der Waals surface area contributed by atoms with Crippen LogP contribution in [0.5, 0.6) is 0 Å². The largest absolute Gasteiger partial charge is 0.476 e. The molecule has 0 amide bonds. The van der Waals surface area contributed by atoms with Crippen molar-refractivity contribution in [1.82, 2.24) is 0 Å². The highest BCUT2D eigenvalue weighted by Crippen LogP contribution is 2.24. The Hall–Kier alpha value is -1.39. The Kier molecular flexibility index (Phi) is 3.62. The molecular weight excluding hydrogens is 186 g/mol. The minimum absolute atomic E-state index is 0.272. The molecule has 0 atom stereocenters. The molecule has 1 fully saturated rings. The molecule has 1 aliphatic rings. The van der Waals surface area contributed by atoms with Crippen LogP contribution in [0.1, 0.15) is 32.1 Å². The number of carboxylic acid groups (broad SMARTS) is 1. The number of oxime groups is 1. The second kappa shape index (κ2) is 4.74. The molecular formula is C9H13NO4. The van der Waals surface area contributed by atoms with Crippen LogP contribution >= 0.6 is 0 Å². The lowest BCUT2D eigenvalue weighted by Crippen LogP contribution is -2.31. The number of Topliss-reactive ketones (excluding diaryl/α,β-unsaturated/α-hetero) is 1. The molecule has 0 heterocycles. The molecule has 0 unspecified atom stereocenters. The minimum atomic E-state index is -1.46. The summed E-state index contributed by atoms with van der Waals surface area (Å²) < 4.78 is 0. The number of carboxylic acids is 1. The van der Waals surface area contributed by atoms with Crippen molar-refractivity contribution in [3.63, 3.8) is 0 Å². The Labute approximate surface area is 81.4 Å². The van der Waals surface area contributed by atoms with Crippen molar-refractivity contribution in [1.29, 1.82) is 0 Å². The molecule has 5 nitrogen and oxygen atoms in total. The van der Waals surface area contributed by atoms with Crippen LogP contribution < -0.4 is 0 Å². The smallest absolute Gasteiger partial charge is 0.361 e. The molecule has 0 aromatic carbocycles. The van der Waals surface area contributed by atoms with E-state index >= 15 is 0 Å². The average Bonchev–Trinajstić information content (AvgIpc) is 2.19. The third kappa shape index (κ3) is 2.31.